The second-order valence-corrected chi connectivity index (χ2v) is 4.84. The zero-order chi connectivity index (χ0) is 12.3. The standard InChI is InChI=1S/C13H14BrN3/c1-9-7-15-10(2)13(17-9)16-8-11-4-3-5-12(14)6-11/h3-7H,8H2,1-2H3,(H,16,17). The molecular formula is C13H14BrN3. The molecule has 0 unspecified atom stereocenters. The molecule has 17 heavy (non-hydrogen) atoms. The van der Waals surface area contributed by atoms with E-state index in [1.165, 1.54) is 5.56 Å². The van der Waals surface area contributed by atoms with Crippen LogP contribution >= 0.6 is 15.9 Å². The lowest BCUT2D eigenvalue weighted by Gasteiger charge is -2.08. The monoisotopic (exact) mass is 291 g/mol. The van der Waals surface area contributed by atoms with E-state index >= 15 is 0 Å². The van der Waals surface area contributed by atoms with Crippen molar-refractivity contribution >= 4 is 21.7 Å². The number of nitrogens with zero attached hydrogens (tertiary/aromatic N) is 2. The van der Waals surface area contributed by atoms with E-state index in [-0.39, 0.29) is 0 Å². The van der Waals surface area contributed by atoms with E-state index in [0.29, 0.717) is 0 Å². The van der Waals surface area contributed by atoms with Crippen LogP contribution in [0.5, 0.6) is 0 Å². The van der Waals surface area contributed by atoms with Crippen LogP contribution < -0.4 is 5.32 Å². The maximum absolute atomic E-state index is 4.42. The van der Waals surface area contributed by atoms with E-state index in [2.05, 4.69) is 43.3 Å². The van der Waals surface area contributed by atoms with E-state index in [0.717, 1.165) is 28.2 Å². The summed E-state index contributed by atoms with van der Waals surface area (Å²) in [5, 5.41) is 3.30. The Balaban J connectivity index is 2.09. The molecule has 0 saturated carbocycles. The summed E-state index contributed by atoms with van der Waals surface area (Å²) in [5.74, 6) is 0.852. The molecule has 2 aromatic rings. The maximum Gasteiger partial charge on any atom is 0.148 e. The van der Waals surface area contributed by atoms with Gasteiger partial charge in [-0.2, -0.15) is 0 Å². The van der Waals surface area contributed by atoms with Gasteiger partial charge in [0.25, 0.3) is 0 Å². The van der Waals surface area contributed by atoms with Gasteiger partial charge in [0.2, 0.25) is 0 Å². The molecule has 0 aliphatic carbocycles. The molecule has 0 fully saturated rings. The maximum atomic E-state index is 4.42. The van der Waals surface area contributed by atoms with Gasteiger partial charge in [-0.25, -0.2) is 4.98 Å². The topological polar surface area (TPSA) is 37.8 Å². The van der Waals surface area contributed by atoms with Gasteiger partial charge in [0.15, 0.2) is 0 Å². The third kappa shape index (κ3) is 3.27. The van der Waals surface area contributed by atoms with Gasteiger partial charge in [-0.3, -0.25) is 4.98 Å². The quantitative estimate of drug-likeness (QED) is 0.941. The second kappa shape index (κ2) is 5.27. The van der Waals surface area contributed by atoms with Crippen molar-refractivity contribution in [1.82, 2.24) is 9.97 Å². The van der Waals surface area contributed by atoms with Crippen LogP contribution in [0.4, 0.5) is 5.82 Å². The van der Waals surface area contributed by atoms with Gasteiger partial charge in [-0.15, -0.1) is 0 Å². The Morgan fingerprint density at radius 2 is 2.12 bits per heavy atom. The molecule has 0 amide bonds. The fourth-order valence-corrected chi connectivity index (χ4v) is 1.98. The van der Waals surface area contributed by atoms with E-state index in [4.69, 9.17) is 0 Å². The molecule has 88 valence electrons. The highest BCUT2D eigenvalue weighted by atomic mass is 79.9. The molecule has 4 heteroatoms. The molecule has 3 nitrogen and oxygen atoms in total. The lowest BCUT2D eigenvalue weighted by atomic mass is 10.2. The minimum atomic E-state index is 0.748. The van der Waals surface area contributed by atoms with Crippen LogP contribution in [-0.2, 0) is 6.54 Å². The first-order valence-corrected chi connectivity index (χ1v) is 6.23. The molecule has 1 N–H and O–H groups in total. The van der Waals surface area contributed by atoms with Gasteiger partial charge in [0.1, 0.15) is 5.82 Å². The lowest BCUT2D eigenvalue weighted by molar-refractivity contribution is 1.02. The normalized spacial score (nSPS) is 10.3. The molecule has 0 aliphatic rings. The predicted octanol–water partition coefficient (Wildman–Crippen LogP) is 3.47. The van der Waals surface area contributed by atoms with Crippen LogP contribution in [0, 0.1) is 13.8 Å². The molecule has 0 atom stereocenters. The predicted molar refractivity (Wildman–Crippen MR) is 73.0 cm³/mol. The van der Waals surface area contributed by atoms with Gasteiger partial charge < -0.3 is 5.32 Å². The Hall–Kier alpha value is -1.42. The Labute approximate surface area is 109 Å². The van der Waals surface area contributed by atoms with Crippen LogP contribution in [0.1, 0.15) is 17.0 Å². The van der Waals surface area contributed by atoms with Crippen LogP contribution in [0.3, 0.4) is 0 Å². The number of halogens is 1. The molecule has 0 spiro atoms. The van der Waals surface area contributed by atoms with Crippen molar-refractivity contribution in [3.8, 4) is 0 Å². The molecule has 0 aliphatic heterocycles. The van der Waals surface area contributed by atoms with E-state index in [1.807, 2.05) is 26.0 Å². The average Bonchev–Trinajstić information content (AvgIpc) is 2.30. The average molecular weight is 292 g/mol. The number of aromatic nitrogens is 2. The summed E-state index contributed by atoms with van der Waals surface area (Å²) in [6.45, 7) is 4.64. The zero-order valence-corrected chi connectivity index (χ0v) is 11.5. The smallest absolute Gasteiger partial charge is 0.148 e. The highest BCUT2D eigenvalue weighted by Crippen LogP contribution is 2.14. The summed E-state index contributed by atoms with van der Waals surface area (Å²) < 4.78 is 1.09. The Morgan fingerprint density at radius 1 is 1.29 bits per heavy atom. The van der Waals surface area contributed by atoms with Crippen LogP contribution in [0.15, 0.2) is 34.9 Å². The van der Waals surface area contributed by atoms with Gasteiger partial charge in [-0.1, -0.05) is 28.1 Å². The number of aryl methyl sites for hydroxylation is 2. The van der Waals surface area contributed by atoms with Crippen molar-refractivity contribution in [3.05, 3.63) is 51.9 Å². The number of nitrogens with one attached hydrogen (secondary N) is 1. The third-order valence-corrected chi connectivity index (χ3v) is 2.92. The van der Waals surface area contributed by atoms with E-state index < -0.39 is 0 Å². The van der Waals surface area contributed by atoms with Crippen LogP contribution in [0.25, 0.3) is 0 Å². The summed E-state index contributed by atoms with van der Waals surface area (Å²) >= 11 is 3.46. The summed E-state index contributed by atoms with van der Waals surface area (Å²) in [6, 6.07) is 8.21. The largest absolute Gasteiger partial charge is 0.364 e. The Morgan fingerprint density at radius 3 is 2.88 bits per heavy atom. The Bertz CT molecular complexity index is 526. The number of hydrogen-bond acceptors (Lipinski definition) is 3. The molecule has 1 aromatic heterocycles. The number of rotatable bonds is 3. The number of benzene rings is 1. The first kappa shape index (κ1) is 12.0. The van der Waals surface area contributed by atoms with Crippen molar-refractivity contribution in [2.24, 2.45) is 0 Å². The SMILES string of the molecule is Cc1cnc(C)c(NCc2cccc(Br)c2)n1. The summed E-state index contributed by atoms with van der Waals surface area (Å²) in [6.07, 6.45) is 1.78. The third-order valence-electron chi connectivity index (χ3n) is 2.42. The van der Waals surface area contributed by atoms with Gasteiger partial charge >= 0.3 is 0 Å². The highest BCUT2D eigenvalue weighted by Gasteiger charge is 2.01. The van der Waals surface area contributed by atoms with Crippen molar-refractivity contribution in [2.75, 3.05) is 5.32 Å². The van der Waals surface area contributed by atoms with Crippen LogP contribution in [-0.4, -0.2) is 9.97 Å². The van der Waals surface area contributed by atoms with E-state index in [1.54, 1.807) is 6.20 Å². The molecule has 0 radical (unpaired) electrons. The van der Waals surface area contributed by atoms with Crippen molar-refractivity contribution in [3.63, 3.8) is 0 Å². The van der Waals surface area contributed by atoms with Crippen molar-refractivity contribution in [1.29, 1.82) is 0 Å². The summed E-state index contributed by atoms with van der Waals surface area (Å²) in [7, 11) is 0. The van der Waals surface area contributed by atoms with Gasteiger partial charge in [0.05, 0.1) is 11.4 Å². The van der Waals surface area contributed by atoms with Gasteiger partial charge in [0, 0.05) is 17.2 Å². The lowest BCUT2D eigenvalue weighted by Crippen LogP contribution is -2.05. The molecule has 0 bridgehead atoms. The summed E-state index contributed by atoms with van der Waals surface area (Å²) in [5.41, 5.74) is 3.06. The first-order chi connectivity index (χ1) is 8.15. The first-order valence-electron chi connectivity index (χ1n) is 5.44. The minimum absolute atomic E-state index is 0.748. The van der Waals surface area contributed by atoms with E-state index in [9.17, 15) is 0 Å². The molecular weight excluding hydrogens is 278 g/mol. The zero-order valence-electron chi connectivity index (χ0n) is 9.87. The fraction of sp³-hybridized carbons (Fsp3) is 0.231. The van der Waals surface area contributed by atoms with Crippen LogP contribution in [0.2, 0.25) is 0 Å². The van der Waals surface area contributed by atoms with Crippen molar-refractivity contribution in [2.45, 2.75) is 20.4 Å². The number of anilines is 1. The van der Waals surface area contributed by atoms with Gasteiger partial charge in [-0.05, 0) is 31.5 Å². The molecule has 2 rings (SSSR count). The molecule has 1 heterocycles. The number of hydrogen-bond donors (Lipinski definition) is 1. The Kier molecular flexibility index (Phi) is 3.74. The van der Waals surface area contributed by atoms with Crippen molar-refractivity contribution < 1.29 is 0 Å². The molecule has 1 aromatic carbocycles. The molecule has 0 saturated heterocycles. The fourth-order valence-electron chi connectivity index (χ4n) is 1.54. The second-order valence-electron chi connectivity index (χ2n) is 3.93. The summed E-state index contributed by atoms with van der Waals surface area (Å²) in [4.78, 5) is 8.70. The minimum Gasteiger partial charge on any atom is -0.364 e. The highest BCUT2D eigenvalue weighted by molar-refractivity contribution is 9.10.